The number of hydrogen-bond acceptors (Lipinski definition) is 3. The maximum absolute atomic E-state index is 12.6. The van der Waals surface area contributed by atoms with Gasteiger partial charge in [-0.05, 0) is 51.5 Å². The lowest BCUT2D eigenvalue weighted by molar-refractivity contribution is -0.171. The van der Waals surface area contributed by atoms with Crippen LogP contribution in [-0.2, 0) is 0 Å². The first-order valence-corrected chi connectivity index (χ1v) is 7.34. The molecule has 1 aromatic rings. The van der Waals surface area contributed by atoms with E-state index in [0.29, 0.717) is 12.3 Å². The van der Waals surface area contributed by atoms with Crippen LogP contribution in [0.5, 0.6) is 11.5 Å². The second-order valence-electron chi connectivity index (χ2n) is 6.56. The minimum atomic E-state index is -4.11. The molecule has 0 radical (unpaired) electrons. The van der Waals surface area contributed by atoms with Crippen LogP contribution in [0.3, 0.4) is 0 Å². The van der Waals surface area contributed by atoms with Crippen molar-refractivity contribution in [1.29, 1.82) is 0 Å². The van der Waals surface area contributed by atoms with Crippen molar-refractivity contribution in [3.8, 4) is 11.5 Å². The van der Waals surface area contributed by atoms with Gasteiger partial charge in [0.2, 0.25) is 0 Å². The van der Waals surface area contributed by atoms with Crippen LogP contribution in [0.2, 0.25) is 0 Å². The summed E-state index contributed by atoms with van der Waals surface area (Å²) in [4.78, 5) is 1.68. The number of hydrogen-bond donors (Lipinski definition) is 0. The number of benzene rings is 1. The van der Waals surface area contributed by atoms with E-state index in [4.69, 9.17) is 9.47 Å². The molecular weight excluding hydrogens is 295 g/mol. The van der Waals surface area contributed by atoms with Crippen molar-refractivity contribution in [3.05, 3.63) is 24.3 Å². The molecule has 0 N–H and O–H groups in total. The van der Waals surface area contributed by atoms with E-state index in [1.54, 1.807) is 29.2 Å². The topological polar surface area (TPSA) is 21.7 Å². The molecule has 1 saturated heterocycles. The van der Waals surface area contributed by atoms with Gasteiger partial charge in [0.15, 0.2) is 0 Å². The van der Waals surface area contributed by atoms with Crippen molar-refractivity contribution in [2.45, 2.75) is 39.0 Å². The summed E-state index contributed by atoms with van der Waals surface area (Å²) in [6.45, 7) is 6.47. The first-order valence-electron chi connectivity index (χ1n) is 7.34. The normalized spacial score (nSPS) is 20.2. The van der Waals surface area contributed by atoms with Crippen molar-refractivity contribution in [2.24, 2.45) is 5.92 Å². The summed E-state index contributed by atoms with van der Waals surface area (Å²) in [5.74, 6) is 0.119. The van der Waals surface area contributed by atoms with Gasteiger partial charge >= 0.3 is 6.18 Å². The summed E-state index contributed by atoms with van der Waals surface area (Å²) in [6, 6.07) is 7.11. The molecule has 0 bridgehead atoms. The molecule has 1 atom stereocenters. The van der Waals surface area contributed by atoms with E-state index < -0.39 is 12.1 Å². The average Bonchev–Trinajstić information content (AvgIpc) is 2.85. The van der Waals surface area contributed by atoms with Crippen molar-refractivity contribution in [2.75, 3.05) is 19.8 Å². The van der Waals surface area contributed by atoms with E-state index in [1.165, 1.54) is 0 Å². The molecule has 1 unspecified atom stereocenters. The Bertz CT molecular complexity index is 480. The lowest BCUT2D eigenvalue weighted by Gasteiger charge is -2.21. The molecule has 0 saturated carbocycles. The molecule has 1 aliphatic heterocycles. The first-order chi connectivity index (χ1) is 10.1. The summed E-state index contributed by atoms with van der Waals surface area (Å²) < 4.78 is 49.0. The second-order valence-corrected chi connectivity index (χ2v) is 6.56. The van der Waals surface area contributed by atoms with Gasteiger partial charge in [-0.2, -0.15) is 13.2 Å². The van der Waals surface area contributed by atoms with Crippen molar-refractivity contribution in [1.82, 2.24) is 4.90 Å². The van der Waals surface area contributed by atoms with Gasteiger partial charge in [-0.3, -0.25) is 4.90 Å². The SMILES string of the molecule is CC(C)(C)Oc1ccc(OCN2CCC(C(F)(F)F)C2)cc1. The Balaban J connectivity index is 1.81. The fourth-order valence-electron chi connectivity index (χ4n) is 2.34. The monoisotopic (exact) mass is 317 g/mol. The molecule has 2 rings (SSSR count). The van der Waals surface area contributed by atoms with E-state index in [-0.39, 0.29) is 25.3 Å². The number of nitrogens with zero attached hydrogens (tertiary/aromatic N) is 1. The fraction of sp³-hybridized carbons (Fsp3) is 0.625. The van der Waals surface area contributed by atoms with Crippen LogP contribution < -0.4 is 9.47 Å². The van der Waals surface area contributed by atoms with E-state index in [0.717, 1.165) is 5.75 Å². The summed E-state index contributed by atoms with van der Waals surface area (Å²) in [5, 5.41) is 0. The third-order valence-electron chi connectivity index (χ3n) is 3.40. The average molecular weight is 317 g/mol. The van der Waals surface area contributed by atoms with E-state index in [1.807, 2.05) is 20.8 Å². The smallest absolute Gasteiger partial charge is 0.393 e. The van der Waals surface area contributed by atoms with Gasteiger partial charge in [0.25, 0.3) is 0 Å². The number of alkyl halides is 3. The Morgan fingerprint density at radius 3 is 2.18 bits per heavy atom. The third kappa shape index (κ3) is 5.09. The van der Waals surface area contributed by atoms with Crippen LogP contribution in [0, 0.1) is 5.92 Å². The van der Waals surface area contributed by atoms with Crippen LogP contribution in [0.25, 0.3) is 0 Å². The minimum absolute atomic E-state index is 0.00865. The van der Waals surface area contributed by atoms with Gasteiger partial charge in [0.05, 0.1) is 5.92 Å². The maximum atomic E-state index is 12.6. The highest BCUT2D eigenvalue weighted by molar-refractivity contribution is 5.31. The van der Waals surface area contributed by atoms with Gasteiger partial charge in [-0.15, -0.1) is 0 Å². The van der Waals surface area contributed by atoms with E-state index >= 15 is 0 Å². The predicted molar refractivity (Wildman–Crippen MR) is 78.1 cm³/mol. The third-order valence-corrected chi connectivity index (χ3v) is 3.40. The molecule has 124 valence electrons. The Hall–Kier alpha value is -1.43. The standard InChI is InChI=1S/C16H22F3NO2/c1-15(2,3)22-14-6-4-13(5-7-14)21-11-20-9-8-12(10-20)16(17,18)19/h4-7,12H,8-11H2,1-3H3. The number of rotatable bonds is 4. The zero-order valence-corrected chi connectivity index (χ0v) is 13.1. The van der Waals surface area contributed by atoms with Crippen molar-refractivity contribution in [3.63, 3.8) is 0 Å². The van der Waals surface area contributed by atoms with E-state index in [9.17, 15) is 13.2 Å². The van der Waals surface area contributed by atoms with Crippen molar-refractivity contribution >= 4 is 0 Å². The molecule has 0 aliphatic carbocycles. The Morgan fingerprint density at radius 1 is 1.09 bits per heavy atom. The minimum Gasteiger partial charge on any atom is -0.488 e. The maximum Gasteiger partial charge on any atom is 0.393 e. The van der Waals surface area contributed by atoms with Crippen LogP contribution in [0.1, 0.15) is 27.2 Å². The first kappa shape index (κ1) is 16.9. The number of ether oxygens (including phenoxy) is 2. The van der Waals surface area contributed by atoms with Gasteiger partial charge in [-0.1, -0.05) is 0 Å². The van der Waals surface area contributed by atoms with Crippen LogP contribution in [-0.4, -0.2) is 36.5 Å². The molecule has 1 heterocycles. The predicted octanol–water partition coefficient (Wildman–Crippen LogP) is 4.08. The number of halogens is 3. The molecule has 0 spiro atoms. The van der Waals surface area contributed by atoms with Gasteiger partial charge < -0.3 is 9.47 Å². The Labute approximate surface area is 129 Å². The summed E-state index contributed by atoms with van der Waals surface area (Å²) >= 11 is 0. The van der Waals surface area contributed by atoms with Gasteiger partial charge in [-0.25, -0.2) is 0 Å². The summed E-state index contributed by atoms with van der Waals surface area (Å²) in [5.41, 5.74) is -0.273. The molecule has 3 nitrogen and oxygen atoms in total. The quantitative estimate of drug-likeness (QED) is 0.835. The van der Waals surface area contributed by atoms with Crippen LogP contribution in [0.15, 0.2) is 24.3 Å². The largest absolute Gasteiger partial charge is 0.488 e. The zero-order chi connectivity index (χ0) is 16.4. The van der Waals surface area contributed by atoms with Crippen molar-refractivity contribution < 1.29 is 22.6 Å². The van der Waals surface area contributed by atoms with E-state index in [2.05, 4.69) is 0 Å². The molecule has 22 heavy (non-hydrogen) atoms. The molecular formula is C16H22F3NO2. The highest BCUT2D eigenvalue weighted by Gasteiger charge is 2.43. The molecule has 1 fully saturated rings. The molecule has 1 aromatic carbocycles. The second kappa shape index (κ2) is 6.36. The summed E-state index contributed by atoms with van der Waals surface area (Å²) in [6.07, 6.45) is -3.97. The molecule has 0 aromatic heterocycles. The summed E-state index contributed by atoms with van der Waals surface area (Å²) in [7, 11) is 0. The molecule has 0 amide bonds. The fourth-order valence-corrected chi connectivity index (χ4v) is 2.34. The van der Waals surface area contributed by atoms with Gasteiger partial charge in [0.1, 0.15) is 23.8 Å². The Morgan fingerprint density at radius 2 is 1.68 bits per heavy atom. The zero-order valence-electron chi connectivity index (χ0n) is 13.1. The molecule has 6 heteroatoms. The van der Waals surface area contributed by atoms with Crippen LogP contribution in [0.4, 0.5) is 13.2 Å². The van der Waals surface area contributed by atoms with Gasteiger partial charge in [0, 0.05) is 13.1 Å². The van der Waals surface area contributed by atoms with Crippen LogP contribution >= 0.6 is 0 Å². The number of likely N-dealkylation sites (tertiary alicyclic amines) is 1. The highest BCUT2D eigenvalue weighted by atomic mass is 19.4. The lowest BCUT2D eigenvalue weighted by atomic mass is 10.1. The highest BCUT2D eigenvalue weighted by Crippen LogP contribution is 2.33. The molecule has 1 aliphatic rings. The Kier molecular flexibility index (Phi) is 4.90. The lowest BCUT2D eigenvalue weighted by Crippen LogP contribution is -2.30.